The molecule has 1 N–H and O–H groups in total. The van der Waals surface area contributed by atoms with Gasteiger partial charge in [0.05, 0.1) is 7.11 Å². The minimum absolute atomic E-state index is 0.223. The Bertz CT molecular complexity index is 641. The second kappa shape index (κ2) is 6.08. The third kappa shape index (κ3) is 2.92. The van der Waals surface area contributed by atoms with E-state index < -0.39 is 0 Å². The van der Waals surface area contributed by atoms with Crippen molar-refractivity contribution in [1.82, 2.24) is 5.32 Å². The highest BCUT2D eigenvalue weighted by Crippen LogP contribution is 2.36. The predicted octanol–water partition coefficient (Wildman–Crippen LogP) is 4.69. The molecule has 0 saturated heterocycles. The number of aryl methyl sites for hydroxylation is 1. The standard InChI is InChI=1S/C18H20ClNO/c1-12(15-5-3-4-6-17(15)19)20-18-10-8-13-7-9-14(21-2)11-16(13)18/h3-7,9,11-12,18,20H,8,10H2,1-2H3/t12-,18?/m1/s1. The van der Waals surface area contributed by atoms with Crippen molar-refractivity contribution in [3.8, 4) is 5.75 Å². The van der Waals surface area contributed by atoms with E-state index in [2.05, 4.69) is 30.4 Å². The number of benzene rings is 2. The van der Waals surface area contributed by atoms with Crippen molar-refractivity contribution in [2.75, 3.05) is 7.11 Å². The molecule has 1 aliphatic carbocycles. The number of ether oxygens (including phenoxy) is 1. The lowest BCUT2D eigenvalue weighted by Crippen LogP contribution is -2.23. The van der Waals surface area contributed by atoms with Crippen molar-refractivity contribution in [2.45, 2.75) is 31.8 Å². The normalized spacial score (nSPS) is 18.3. The van der Waals surface area contributed by atoms with Crippen molar-refractivity contribution >= 4 is 11.6 Å². The van der Waals surface area contributed by atoms with E-state index in [1.54, 1.807) is 7.11 Å². The Balaban J connectivity index is 1.80. The number of rotatable bonds is 4. The van der Waals surface area contributed by atoms with E-state index >= 15 is 0 Å². The van der Waals surface area contributed by atoms with Crippen LogP contribution < -0.4 is 10.1 Å². The van der Waals surface area contributed by atoms with Crippen LogP contribution in [0, 0.1) is 0 Å². The van der Waals surface area contributed by atoms with Gasteiger partial charge in [-0.25, -0.2) is 0 Å². The molecule has 0 radical (unpaired) electrons. The van der Waals surface area contributed by atoms with Crippen LogP contribution in [0.2, 0.25) is 5.02 Å². The Morgan fingerprint density at radius 3 is 2.81 bits per heavy atom. The lowest BCUT2D eigenvalue weighted by atomic mass is 10.0. The van der Waals surface area contributed by atoms with Gasteiger partial charge in [-0.2, -0.15) is 0 Å². The van der Waals surface area contributed by atoms with E-state index in [1.807, 2.05) is 24.3 Å². The molecule has 0 fully saturated rings. The zero-order valence-corrected chi connectivity index (χ0v) is 13.2. The molecule has 2 aromatic rings. The van der Waals surface area contributed by atoms with E-state index in [1.165, 1.54) is 11.1 Å². The van der Waals surface area contributed by atoms with Crippen molar-refractivity contribution in [3.05, 3.63) is 64.2 Å². The van der Waals surface area contributed by atoms with Crippen LogP contribution in [0.15, 0.2) is 42.5 Å². The van der Waals surface area contributed by atoms with Gasteiger partial charge in [-0.1, -0.05) is 35.9 Å². The first-order chi connectivity index (χ1) is 10.2. The van der Waals surface area contributed by atoms with Gasteiger partial charge in [-0.05, 0) is 54.7 Å². The summed E-state index contributed by atoms with van der Waals surface area (Å²) in [6.45, 7) is 2.17. The number of nitrogens with one attached hydrogen (secondary N) is 1. The van der Waals surface area contributed by atoms with Crippen LogP contribution in [0.5, 0.6) is 5.75 Å². The SMILES string of the molecule is COc1ccc2c(c1)C(N[C@H](C)c1ccccc1Cl)CC2. The smallest absolute Gasteiger partial charge is 0.119 e. The van der Waals surface area contributed by atoms with Crippen LogP contribution in [0.4, 0.5) is 0 Å². The molecule has 110 valence electrons. The van der Waals surface area contributed by atoms with Crippen LogP contribution in [-0.4, -0.2) is 7.11 Å². The second-order valence-electron chi connectivity index (χ2n) is 5.57. The average molecular weight is 302 g/mol. The maximum absolute atomic E-state index is 6.29. The highest BCUT2D eigenvalue weighted by atomic mass is 35.5. The van der Waals surface area contributed by atoms with E-state index in [9.17, 15) is 0 Å². The Morgan fingerprint density at radius 2 is 2.05 bits per heavy atom. The molecule has 0 amide bonds. The molecule has 3 rings (SSSR count). The molecule has 21 heavy (non-hydrogen) atoms. The average Bonchev–Trinajstić information content (AvgIpc) is 2.90. The lowest BCUT2D eigenvalue weighted by Gasteiger charge is -2.22. The number of fused-ring (bicyclic) bond motifs is 1. The van der Waals surface area contributed by atoms with Gasteiger partial charge in [-0.15, -0.1) is 0 Å². The highest BCUT2D eigenvalue weighted by Gasteiger charge is 2.24. The summed E-state index contributed by atoms with van der Waals surface area (Å²) in [6.07, 6.45) is 2.24. The number of hydrogen-bond donors (Lipinski definition) is 1. The van der Waals surface area contributed by atoms with Gasteiger partial charge in [0.15, 0.2) is 0 Å². The van der Waals surface area contributed by atoms with Crippen molar-refractivity contribution in [2.24, 2.45) is 0 Å². The first kappa shape index (κ1) is 14.4. The van der Waals surface area contributed by atoms with Gasteiger partial charge < -0.3 is 10.1 Å². The summed E-state index contributed by atoms with van der Waals surface area (Å²) in [6, 6.07) is 15.0. The van der Waals surface area contributed by atoms with Crippen LogP contribution in [0.1, 0.15) is 42.1 Å². The Morgan fingerprint density at radius 1 is 1.24 bits per heavy atom. The maximum atomic E-state index is 6.29. The molecule has 0 saturated carbocycles. The molecule has 2 nitrogen and oxygen atoms in total. The molecular weight excluding hydrogens is 282 g/mol. The topological polar surface area (TPSA) is 21.3 Å². The van der Waals surface area contributed by atoms with Crippen LogP contribution >= 0.6 is 11.6 Å². The predicted molar refractivity (Wildman–Crippen MR) is 87.1 cm³/mol. The van der Waals surface area contributed by atoms with Crippen molar-refractivity contribution < 1.29 is 4.74 Å². The van der Waals surface area contributed by atoms with Gasteiger partial charge >= 0.3 is 0 Å². The Kier molecular flexibility index (Phi) is 4.18. The monoisotopic (exact) mass is 301 g/mol. The zero-order valence-electron chi connectivity index (χ0n) is 12.4. The van der Waals surface area contributed by atoms with Crippen LogP contribution in [-0.2, 0) is 6.42 Å². The van der Waals surface area contributed by atoms with E-state index in [4.69, 9.17) is 16.3 Å². The fourth-order valence-corrected chi connectivity index (χ4v) is 3.40. The van der Waals surface area contributed by atoms with Crippen LogP contribution in [0.3, 0.4) is 0 Å². The van der Waals surface area contributed by atoms with E-state index in [0.717, 1.165) is 29.2 Å². The molecule has 1 unspecified atom stereocenters. The molecule has 3 heteroatoms. The van der Waals surface area contributed by atoms with Crippen molar-refractivity contribution in [3.63, 3.8) is 0 Å². The van der Waals surface area contributed by atoms with Gasteiger partial charge in [0.25, 0.3) is 0 Å². The number of hydrogen-bond acceptors (Lipinski definition) is 2. The molecule has 2 aromatic carbocycles. The van der Waals surface area contributed by atoms with Gasteiger partial charge in [0.1, 0.15) is 5.75 Å². The first-order valence-corrected chi connectivity index (χ1v) is 7.74. The largest absolute Gasteiger partial charge is 0.497 e. The van der Waals surface area contributed by atoms with Gasteiger partial charge in [-0.3, -0.25) is 0 Å². The fraction of sp³-hybridized carbons (Fsp3) is 0.333. The summed E-state index contributed by atoms with van der Waals surface area (Å²) < 4.78 is 5.35. The fourth-order valence-electron chi connectivity index (χ4n) is 3.10. The molecule has 0 aliphatic heterocycles. The summed E-state index contributed by atoms with van der Waals surface area (Å²) in [7, 11) is 1.71. The maximum Gasteiger partial charge on any atom is 0.119 e. The van der Waals surface area contributed by atoms with Crippen LogP contribution in [0.25, 0.3) is 0 Å². The minimum Gasteiger partial charge on any atom is -0.497 e. The molecule has 2 atom stereocenters. The van der Waals surface area contributed by atoms with Gasteiger partial charge in [0, 0.05) is 17.1 Å². The van der Waals surface area contributed by atoms with E-state index in [0.29, 0.717) is 6.04 Å². The zero-order chi connectivity index (χ0) is 14.8. The van der Waals surface area contributed by atoms with E-state index in [-0.39, 0.29) is 6.04 Å². The molecule has 0 heterocycles. The Labute approximate surface area is 131 Å². The highest BCUT2D eigenvalue weighted by molar-refractivity contribution is 6.31. The summed E-state index contributed by atoms with van der Waals surface area (Å²) in [5, 5.41) is 4.52. The molecular formula is C18H20ClNO. The summed E-state index contributed by atoms with van der Waals surface area (Å²) in [5.41, 5.74) is 3.92. The minimum atomic E-state index is 0.223. The second-order valence-corrected chi connectivity index (χ2v) is 5.97. The third-order valence-corrected chi connectivity index (χ3v) is 4.60. The summed E-state index contributed by atoms with van der Waals surface area (Å²) in [5.74, 6) is 0.924. The number of halogens is 1. The third-order valence-electron chi connectivity index (χ3n) is 4.25. The summed E-state index contributed by atoms with van der Waals surface area (Å²) in [4.78, 5) is 0. The van der Waals surface area contributed by atoms with Gasteiger partial charge in [0.2, 0.25) is 0 Å². The lowest BCUT2D eigenvalue weighted by molar-refractivity contribution is 0.412. The van der Waals surface area contributed by atoms with Crippen molar-refractivity contribution in [1.29, 1.82) is 0 Å². The quantitative estimate of drug-likeness (QED) is 0.885. The first-order valence-electron chi connectivity index (χ1n) is 7.36. The molecule has 1 aliphatic rings. The number of methoxy groups -OCH3 is 1. The Hall–Kier alpha value is -1.51. The molecule has 0 spiro atoms. The summed E-state index contributed by atoms with van der Waals surface area (Å²) >= 11 is 6.29. The molecule has 0 bridgehead atoms. The molecule has 0 aromatic heterocycles.